The van der Waals surface area contributed by atoms with E-state index in [0.717, 1.165) is 44.9 Å². The van der Waals surface area contributed by atoms with Gasteiger partial charge in [0.1, 0.15) is 0 Å². The van der Waals surface area contributed by atoms with Crippen LogP contribution in [0, 0.1) is 46.3 Å². The molecule has 4 rings (SSSR count). The maximum atomic E-state index is 11.7. The number of aliphatic hydroxyl groups excluding tert-OH is 2. The van der Waals surface area contributed by atoms with Gasteiger partial charge in [0.15, 0.2) is 8.32 Å². The Labute approximate surface area is 235 Å². The molecule has 222 valence electrons. The summed E-state index contributed by atoms with van der Waals surface area (Å²) in [4.78, 5) is 0. The Morgan fingerprint density at radius 3 is 2.18 bits per heavy atom. The fourth-order valence-corrected chi connectivity index (χ4v) is 11.5. The van der Waals surface area contributed by atoms with Gasteiger partial charge in [-0.1, -0.05) is 48.0 Å². The van der Waals surface area contributed by atoms with Crippen LogP contribution in [0.2, 0.25) is 18.1 Å². The summed E-state index contributed by atoms with van der Waals surface area (Å²) in [5.74, 6) is 2.89. The van der Waals surface area contributed by atoms with Gasteiger partial charge in [-0.2, -0.15) is 0 Å². The van der Waals surface area contributed by atoms with Crippen LogP contribution in [-0.2, 0) is 4.43 Å². The molecule has 0 saturated heterocycles. The van der Waals surface area contributed by atoms with Gasteiger partial charge in [-0.3, -0.25) is 0 Å². The lowest BCUT2D eigenvalue weighted by atomic mass is 9.43. The minimum atomic E-state index is -1.82. The second-order valence-corrected chi connectivity index (χ2v) is 21.5. The first kappa shape index (κ1) is 31.0. The highest BCUT2D eigenvalue weighted by Crippen LogP contribution is 2.69. The summed E-state index contributed by atoms with van der Waals surface area (Å²) in [6.07, 6.45) is 11.9. The molecule has 0 aromatic rings. The van der Waals surface area contributed by atoms with E-state index < -0.39 is 13.9 Å². The molecule has 4 saturated carbocycles. The Morgan fingerprint density at radius 1 is 0.921 bits per heavy atom. The number of rotatable bonds is 8. The highest BCUT2D eigenvalue weighted by atomic mass is 28.4. The predicted molar refractivity (Wildman–Crippen MR) is 159 cm³/mol. The summed E-state index contributed by atoms with van der Waals surface area (Å²) in [7, 11) is -1.82. The zero-order valence-corrected chi connectivity index (χ0v) is 27.4. The molecule has 0 radical (unpaired) electrons. The van der Waals surface area contributed by atoms with Gasteiger partial charge in [0, 0.05) is 12.7 Å². The van der Waals surface area contributed by atoms with E-state index in [4.69, 9.17) is 4.43 Å². The second-order valence-electron chi connectivity index (χ2n) is 16.8. The van der Waals surface area contributed by atoms with E-state index in [0.29, 0.717) is 41.6 Å². The monoisotopic (exact) mass is 550 g/mol. The normalized spacial score (nSPS) is 44.1. The lowest BCUT2D eigenvalue weighted by molar-refractivity contribution is -0.178. The largest absolute Gasteiger partial charge is 0.414 e. The van der Waals surface area contributed by atoms with Crippen LogP contribution in [0.25, 0.3) is 0 Å². The summed E-state index contributed by atoms with van der Waals surface area (Å²) in [5.41, 5.74) is -0.277. The topological polar surface area (TPSA) is 69.9 Å². The fourth-order valence-electron chi connectivity index (χ4n) is 10.1. The third kappa shape index (κ3) is 5.46. The Hall–Kier alpha value is 0.0569. The lowest BCUT2D eigenvalue weighted by Crippen LogP contribution is -2.59. The Bertz CT molecular complexity index is 820. The van der Waals surface area contributed by atoms with Crippen LogP contribution in [0.4, 0.5) is 0 Å². The molecule has 0 aromatic heterocycles. The Balaban J connectivity index is 1.47. The SMILES string of the molecule is CC(CO)CCC[C@](C)(O)[C@H]1CC[C@H]2[C@@H]3C[C@H](O)[C@H]4C[C@@H](O[Si](C)(C)C(C)(C)C)CC[C@]4(C)[C@H]3CC[C@@]21C. The van der Waals surface area contributed by atoms with Gasteiger partial charge in [-0.25, -0.2) is 0 Å². The molecule has 4 aliphatic carbocycles. The molecule has 5 heteroatoms. The minimum Gasteiger partial charge on any atom is -0.414 e. The number of hydrogen-bond donors (Lipinski definition) is 3. The summed E-state index contributed by atoms with van der Waals surface area (Å²) in [6, 6.07) is 0. The average Bonchev–Trinajstić information content (AvgIpc) is 3.17. The third-order valence-electron chi connectivity index (χ3n) is 13.3. The molecule has 4 nitrogen and oxygen atoms in total. The summed E-state index contributed by atoms with van der Waals surface area (Å²) in [6.45, 7) is 21.2. The van der Waals surface area contributed by atoms with Crippen molar-refractivity contribution in [1.82, 2.24) is 0 Å². The van der Waals surface area contributed by atoms with Crippen molar-refractivity contribution in [3.63, 3.8) is 0 Å². The van der Waals surface area contributed by atoms with Crippen LogP contribution < -0.4 is 0 Å². The van der Waals surface area contributed by atoms with Gasteiger partial charge in [-0.05, 0) is 136 Å². The standard InChI is InChI=1S/C33H62O4Si/c1-22(21-34)11-10-16-33(7,36)29-13-12-25-24-20-28(35)27-19-23(37-38(8,9)30(2,3)4)14-17-31(27,5)26(24)15-18-32(25,29)6/h22-29,34-36H,10-21H2,1-9H3/t22?,23-,24-,25-,26-,27+,28-,29-,31+,32-,33-/m0/s1. The van der Waals surface area contributed by atoms with Crippen molar-refractivity contribution in [2.75, 3.05) is 6.61 Å². The second kappa shape index (κ2) is 10.7. The number of fused-ring (bicyclic) bond motifs is 5. The number of hydrogen-bond acceptors (Lipinski definition) is 4. The first-order chi connectivity index (χ1) is 17.5. The van der Waals surface area contributed by atoms with E-state index in [9.17, 15) is 15.3 Å². The van der Waals surface area contributed by atoms with E-state index in [1.54, 1.807) is 0 Å². The molecular weight excluding hydrogens is 488 g/mol. The van der Waals surface area contributed by atoms with E-state index in [1.165, 1.54) is 25.7 Å². The molecule has 0 heterocycles. The minimum absolute atomic E-state index is 0.165. The summed E-state index contributed by atoms with van der Waals surface area (Å²) >= 11 is 0. The summed E-state index contributed by atoms with van der Waals surface area (Å²) < 4.78 is 6.90. The third-order valence-corrected chi connectivity index (χ3v) is 17.9. The highest BCUT2D eigenvalue weighted by molar-refractivity contribution is 6.74. The maximum Gasteiger partial charge on any atom is 0.192 e. The zero-order chi connectivity index (χ0) is 28.3. The molecule has 0 aromatic carbocycles. The maximum absolute atomic E-state index is 11.7. The van der Waals surface area contributed by atoms with E-state index >= 15 is 0 Å². The smallest absolute Gasteiger partial charge is 0.192 e. The van der Waals surface area contributed by atoms with E-state index in [2.05, 4.69) is 61.6 Å². The van der Waals surface area contributed by atoms with Crippen LogP contribution in [-0.4, -0.2) is 48.1 Å². The average molecular weight is 551 g/mol. The Kier molecular flexibility index (Phi) is 8.74. The first-order valence-corrected chi connectivity index (χ1v) is 19.1. The molecule has 11 atom stereocenters. The van der Waals surface area contributed by atoms with E-state index in [-0.39, 0.29) is 28.6 Å². The molecule has 0 spiro atoms. The molecule has 0 aliphatic heterocycles. The van der Waals surface area contributed by atoms with Gasteiger partial charge in [0.25, 0.3) is 0 Å². The van der Waals surface area contributed by atoms with Crippen molar-refractivity contribution in [2.45, 2.75) is 155 Å². The highest BCUT2D eigenvalue weighted by Gasteiger charge is 2.64. The van der Waals surface area contributed by atoms with Crippen molar-refractivity contribution < 1.29 is 19.7 Å². The quantitative estimate of drug-likeness (QED) is 0.273. The molecule has 3 N–H and O–H groups in total. The van der Waals surface area contributed by atoms with Crippen molar-refractivity contribution in [3.8, 4) is 0 Å². The van der Waals surface area contributed by atoms with Crippen molar-refractivity contribution in [3.05, 3.63) is 0 Å². The van der Waals surface area contributed by atoms with Crippen molar-refractivity contribution in [1.29, 1.82) is 0 Å². The van der Waals surface area contributed by atoms with Gasteiger partial charge in [-0.15, -0.1) is 0 Å². The molecular formula is C33H62O4Si. The molecule has 4 aliphatic rings. The van der Waals surface area contributed by atoms with Crippen molar-refractivity contribution >= 4 is 8.32 Å². The van der Waals surface area contributed by atoms with Crippen LogP contribution in [0.3, 0.4) is 0 Å². The van der Waals surface area contributed by atoms with E-state index in [1.807, 2.05) is 0 Å². The molecule has 38 heavy (non-hydrogen) atoms. The molecule has 0 bridgehead atoms. The van der Waals surface area contributed by atoms with Gasteiger partial charge in [0.2, 0.25) is 0 Å². The van der Waals surface area contributed by atoms with Crippen LogP contribution in [0.5, 0.6) is 0 Å². The molecule has 4 fully saturated rings. The molecule has 0 amide bonds. The lowest BCUT2D eigenvalue weighted by Gasteiger charge is -2.63. The van der Waals surface area contributed by atoms with Gasteiger partial charge in [0.05, 0.1) is 11.7 Å². The molecule has 1 unspecified atom stereocenters. The van der Waals surface area contributed by atoms with Crippen LogP contribution >= 0.6 is 0 Å². The fraction of sp³-hybridized carbons (Fsp3) is 1.00. The van der Waals surface area contributed by atoms with Crippen LogP contribution in [0.15, 0.2) is 0 Å². The van der Waals surface area contributed by atoms with Crippen LogP contribution in [0.1, 0.15) is 119 Å². The first-order valence-electron chi connectivity index (χ1n) is 16.2. The van der Waals surface area contributed by atoms with Gasteiger partial charge >= 0.3 is 0 Å². The predicted octanol–water partition coefficient (Wildman–Crippen LogP) is 7.56. The zero-order valence-electron chi connectivity index (χ0n) is 26.4. The number of aliphatic hydroxyl groups is 3. The van der Waals surface area contributed by atoms with Crippen molar-refractivity contribution in [2.24, 2.45) is 46.3 Å². The Morgan fingerprint density at radius 2 is 1.55 bits per heavy atom. The van der Waals surface area contributed by atoms with Gasteiger partial charge < -0.3 is 19.7 Å². The summed E-state index contributed by atoms with van der Waals surface area (Å²) in [5, 5.41) is 33.1.